The molecule has 0 bridgehead atoms. The third-order valence-corrected chi connectivity index (χ3v) is 3.39. The number of aromatic nitrogens is 3. The standard InChI is InChI=1S/C17H20N4/c1-13(2)11-21-12-14(8-20-21)7-19-17-10-18-9-15-5-3-4-6-16(15)17/h3-6,8-10,12-13,19H,7,11H2,1-2H3. The van der Waals surface area contributed by atoms with Crippen molar-refractivity contribution in [3.8, 4) is 0 Å². The zero-order valence-electron chi connectivity index (χ0n) is 12.5. The fourth-order valence-corrected chi connectivity index (χ4v) is 2.43. The first-order valence-corrected chi connectivity index (χ1v) is 7.30. The van der Waals surface area contributed by atoms with Crippen LogP contribution in [0.5, 0.6) is 0 Å². The Kier molecular flexibility index (Phi) is 3.86. The van der Waals surface area contributed by atoms with Gasteiger partial charge in [-0.25, -0.2) is 0 Å². The summed E-state index contributed by atoms with van der Waals surface area (Å²) >= 11 is 0. The smallest absolute Gasteiger partial charge is 0.0609 e. The minimum atomic E-state index is 0.605. The van der Waals surface area contributed by atoms with E-state index in [-0.39, 0.29) is 0 Å². The third-order valence-electron chi connectivity index (χ3n) is 3.39. The normalized spacial score (nSPS) is 11.2. The zero-order chi connectivity index (χ0) is 14.7. The molecule has 0 aliphatic rings. The monoisotopic (exact) mass is 280 g/mol. The van der Waals surface area contributed by atoms with Gasteiger partial charge in [0.25, 0.3) is 0 Å². The van der Waals surface area contributed by atoms with E-state index in [0.29, 0.717) is 5.92 Å². The van der Waals surface area contributed by atoms with Crippen molar-refractivity contribution >= 4 is 16.5 Å². The molecular weight excluding hydrogens is 260 g/mol. The van der Waals surface area contributed by atoms with Gasteiger partial charge in [0, 0.05) is 41.8 Å². The maximum Gasteiger partial charge on any atom is 0.0609 e. The van der Waals surface area contributed by atoms with Crippen LogP contribution in [0.3, 0.4) is 0 Å². The molecule has 2 aromatic heterocycles. The molecule has 0 saturated heterocycles. The van der Waals surface area contributed by atoms with E-state index in [9.17, 15) is 0 Å². The quantitative estimate of drug-likeness (QED) is 0.775. The summed E-state index contributed by atoms with van der Waals surface area (Å²) in [5.74, 6) is 0.605. The minimum absolute atomic E-state index is 0.605. The van der Waals surface area contributed by atoms with Crippen LogP contribution in [0.1, 0.15) is 19.4 Å². The van der Waals surface area contributed by atoms with Crippen LogP contribution in [-0.2, 0) is 13.1 Å². The molecule has 2 heterocycles. The van der Waals surface area contributed by atoms with Crippen LogP contribution in [0, 0.1) is 5.92 Å². The van der Waals surface area contributed by atoms with E-state index in [1.165, 1.54) is 10.9 Å². The maximum atomic E-state index is 4.39. The van der Waals surface area contributed by atoms with Crippen molar-refractivity contribution in [3.63, 3.8) is 0 Å². The van der Waals surface area contributed by atoms with Crippen molar-refractivity contribution < 1.29 is 0 Å². The van der Waals surface area contributed by atoms with Crippen LogP contribution < -0.4 is 5.32 Å². The fraction of sp³-hybridized carbons (Fsp3) is 0.294. The molecule has 0 atom stereocenters. The van der Waals surface area contributed by atoms with Gasteiger partial charge in [0.05, 0.1) is 18.1 Å². The van der Waals surface area contributed by atoms with Gasteiger partial charge >= 0.3 is 0 Å². The second-order valence-electron chi connectivity index (χ2n) is 5.73. The number of hydrogen-bond donors (Lipinski definition) is 1. The number of benzene rings is 1. The molecule has 3 aromatic rings. The Labute approximate surface area is 124 Å². The van der Waals surface area contributed by atoms with E-state index in [4.69, 9.17) is 0 Å². The molecule has 4 nitrogen and oxygen atoms in total. The van der Waals surface area contributed by atoms with Gasteiger partial charge in [-0.15, -0.1) is 0 Å². The lowest BCUT2D eigenvalue weighted by molar-refractivity contribution is 0.483. The highest BCUT2D eigenvalue weighted by atomic mass is 15.3. The van der Waals surface area contributed by atoms with Gasteiger partial charge in [0.2, 0.25) is 0 Å². The topological polar surface area (TPSA) is 42.7 Å². The van der Waals surface area contributed by atoms with Gasteiger partial charge in [-0.3, -0.25) is 9.67 Å². The van der Waals surface area contributed by atoms with E-state index < -0.39 is 0 Å². The first-order valence-electron chi connectivity index (χ1n) is 7.30. The van der Waals surface area contributed by atoms with Crippen LogP contribution in [0.2, 0.25) is 0 Å². The SMILES string of the molecule is CC(C)Cn1cc(CNc2cncc3ccccc23)cn1. The Morgan fingerprint density at radius 1 is 1.14 bits per heavy atom. The summed E-state index contributed by atoms with van der Waals surface area (Å²) in [4.78, 5) is 4.29. The van der Waals surface area contributed by atoms with E-state index in [2.05, 4.69) is 47.6 Å². The van der Waals surface area contributed by atoms with Crippen LogP contribution in [-0.4, -0.2) is 14.8 Å². The minimum Gasteiger partial charge on any atom is -0.379 e. The molecular formula is C17H20N4. The van der Waals surface area contributed by atoms with Crippen molar-refractivity contribution in [2.45, 2.75) is 26.9 Å². The predicted molar refractivity (Wildman–Crippen MR) is 86.1 cm³/mol. The molecule has 4 heteroatoms. The second-order valence-corrected chi connectivity index (χ2v) is 5.73. The maximum absolute atomic E-state index is 4.39. The summed E-state index contributed by atoms with van der Waals surface area (Å²) in [6.45, 7) is 6.10. The van der Waals surface area contributed by atoms with Crippen LogP contribution in [0.25, 0.3) is 10.8 Å². The molecule has 0 unspecified atom stereocenters. The lowest BCUT2D eigenvalue weighted by Gasteiger charge is -2.08. The molecule has 0 amide bonds. The highest BCUT2D eigenvalue weighted by Crippen LogP contribution is 2.22. The fourth-order valence-electron chi connectivity index (χ4n) is 2.43. The number of rotatable bonds is 5. The Balaban J connectivity index is 1.73. The van der Waals surface area contributed by atoms with Gasteiger partial charge in [-0.2, -0.15) is 5.10 Å². The third kappa shape index (κ3) is 3.21. The Hall–Kier alpha value is -2.36. The highest BCUT2D eigenvalue weighted by molar-refractivity contribution is 5.92. The summed E-state index contributed by atoms with van der Waals surface area (Å²) in [6.07, 6.45) is 7.79. The molecule has 1 aromatic carbocycles. The van der Waals surface area contributed by atoms with Gasteiger partial charge < -0.3 is 5.32 Å². The zero-order valence-corrected chi connectivity index (χ0v) is 12.5. The van der Waals surface area contributed by atoms with Gasteiger partial charge in [0.1, 0.15) is 0 Å². The summed E-state index contributed by atoms with van der Waals surface area (Å²) < 4.78 is 2.00. The van der Waals surface area contributed by atoms with Crippen molar-refractivity contribution in [2.24, 2.45) is 5.92 Å². The summed E-state index contributed by atoms with van der Waals surface area (Å²) in [5.41, 5.74) is 2.24. The Morgan fingerprint density at radius 2 is 2.00 bits per heavy atom. The molecule has 21 heavy (non-hydrogen) atoms. The molecule has 0 spiro atoms. The number of fused-ring (bicyclic) bond motifs is 1. The van der Waals surface area contributed by atoms with Crippen molar-refractivity contribution in [1.82, 2.24) is 14.8 Å². The van der Waals surface area contributed by atoms with E-state index >= 15 is 0 Å². The van der Waals surface area contributed by atoms with Crippen molar-refractivity contribution in [2.75, 3.05) is 5.32 Å². The van der Waals surface area contributed by atoms with Crippen molar-refractivity contribution in [3.05, 3.63) is 54.6 Å². The van der Waals surface area contributed by atoms with Gasteiger partial charge in [-0.05, 0) is 5.92 Å². The summed E-state index contributed by atoms with van der Waals surface area (Å²) in [7, 11) is 0. The van der Waals surface area contributed by atoms with Crippen LogP contribution in [0.4, 0.5) is 5.69 Å². The number of pyridine rings is 1. The molecule has 1 N–H and O–H groups in total. The first kappa shape index (κ1) is 13.6. The average molecular weight is 280 g/mol. The Bertz CT molecular complexity index is 725. The van der Waals surface area contributed by atoms with E-state index in [1.54, 1.807) is 0 Å². The Morgan fingerprint density at radius 3 is 2.86 bits per heavy atom. The van der Waals surface area contributed by atoms with E-state index in [0.717, 1.165) is 24.2 Å². The summed E-state index contributed by atoms with van der Waals surface area (Å²) in [5, 5.41) is 10.2. The second kappa shape index (κ2) is 5.95. The molecule has 3 rings (SSSR count). The molecule has 0 fully saturated rings. The number of nitrogens with zero attached hydrogens (tertiary/aromatic N) is 3. The highest BCUT2D eigenvalue weighted by Gasteiger charge is 2.03. The number of hydrogen-bond acceptors (Lipinski definition) is 3. The molecule has 108 valence electrons. The van der Waals surface area contributed by atoms with Crippen LogP contribution >= 0.6 is 0 Å². The lowest BCUT2D eigenvalue weighted by atomic mass is 10.1. The number of anilines is 1. The average Bonchev–Trinajstić information content (AvgIpc) is 2.92. The van der Waals surface area contributed by atoms with Gasteiger partial charge in [0.15, 0.2) is 0 Å². The van der Waals surface area contributed by atoms with E-state index in [1.807, 2.05) is 35.4 Å². The number of nitrogens with one attached hydrogen (secondary N) is 1. The molecule has 0 radical (unpaired) electrons. The van der Waals surface area contributed by atoms with Gasteiger partial charge in [-0.1, -0.05) is 38.1 Å². The molecule has 0 aliphatic heterocycles. The van der Waals surface area contributed by atoms with Crippen molar-refractivity contribution in [1.29, 1.82) is 0 Å². The predicted octanol–water partition coefficient (Wildman–Crippen LogP) is 3.70. The largest absolute Gasteiger partial charge is 0.379 e. The first-order chi connectivity index (χ1) is 10.2. The van der Waals surface area contributed by atoms with Crippen LogP contribution in [0.15, 0.2) is 49.1 Å². The molecule has 0 saturated carbocycles. The lowest BCUT2D eigenvalue weighted by Crippen LogP contribution is -2.04. The summed E-state index contributed by atoms with van der Waals surface area (Å²) in [6, 6.07) is 8.27. The molecule has 0 aliphatic carbocycles.